The molecule has 2 heterocycles. The molecule has 1 aromatic carbocycles. The van der Waals surface area contributed by atoms with Crippen LogP contribution in [0, 0.1) is 12.8 Å². The van der Waals surface area contributed by atoms with Gasteiger partial charge in [0.05, 0.1) is 13.7 Å². The maximum atomic E-state index is 12.8. The van der Waals surface area contributed by atoms with Gasteiger partial charge in [-0.15, -0.1) is 10.2 Å². The predicted octanol–water partition coefficient (Wildman–Crippen LogP) is 1.65. The van der Waals surface area contributed by atoms with Gasteiger partial charge in [-0.2, -0.15) is 4.80 Å². The van der Waals surface area contributed by atoms with Crippen LogP contribution in [0.25, 0.3) is 11.4 Å². The molecule has 36 heavy (non-hydrogen) atoms. The minimum Gasteiger partial charge on any atom is -0.497 e. The maximum absolute atomic E-state index is 12.8. The summed E-state index contributed by atoms with van der Waals surface area (Å²) >= 11 is 0. The van der Waals surface area contributed by atoms with Crippen molar-refractivity contribution in [3.05, 3.63) is 53.3 Å². The molecule has 3 N–H and O–H groups in total. The number of aromatic nitrogens is 5. The molecule has 0 unspecified atom stereocenters. The van der Waals surface area contributed by atoms with Crippen LogP contribution in [-0.4, -0.2) is 61.9 Å². The van der Waals surface area contributed by atoms with Crippen molar-refractivity contribution in [3.63, 3.8) is 0 Å². The van der Waals surface area contributed by atoms with Crippen molar-refractivity contribution in [1.82, 2.24) is 35.8 Å². The number of benzene rings is 1. The summed E-state index contributed by atoms with van der Waals surface area (Å²) in [6, 6.07) is 11.0. The number of hydrogen-bond donors (Lipinski definition) is 3. The van der Waals surface area contributed by atoms with Crippen LogP contribution in [0.1, 0.15) is 47.4 Å². The van der Waals surface area contributed by atoms with Gasteiger partial charge >= 0.3 is 0 Å². The second-order valence-electron chi connectivity index (χ2n) is 9.04. The molecule has 2 atom stereocenters. The predicted molar refractivity (Wildman–Crippen MR) is 131 cm³/mol. The average Bonchev–Trinajstić information content (AvgIpc) is 3.35. The Bertz CT molecular complexity index is 1210. The molecule has 11 nitrogen and oxygen atoms in total. The number of amides is 2. The number of methoxy groups -OCH3 is 1. The van der Waals surface area contributed by atoms with Crippen molar-refractivity contribution in [2.45, 2.75) is 51.7 Å². The minimum atomic E-state index is -0.498. The van der Waals surface area contributed by atoms with Crippen LogP contribution in [0.3, 0.4) is 0 Å². The van der Waals surface area contributed by atoms with Gasteiger partial charge in [0.1, 0.15) is 18.1 Å². The number of rotatable bonds is 9. The highest BCUT2D eigenvalue weighted by atomic mass is 16.5. The molecule has 190 valence electrons. The van der Waals surface area contributed by atoms with Crippen LogP contribution in [-0.2, 0) is 17.9 Å². The van der Waals surface area contributed by atoms with Crippen LogP contribution < -0.4 is 15.4 Å². The van der Waals surface area contributed by atoms with E-state index in [4.69, 9.17) is 9.84 Å². The van der Waals surface area contributed by atoms with Gasteiger partial charge in [0.25, 0.3) is 5.91 Å². The fraction of sp³-hybridized carbons (Fsp3) is 0.440. The average molecular weight is 494 g/mol. The molecular weight excluding hydrogens is 462 g/mol. The molecule has 11 heteroatoms. The number of nitrogens with zero attached hydrogens (tertiary/aromatic N) is 5. The molecule has 1 aliphatic carbocycles. The van der Waals surface area contributed by atoms with Gasteiger partial charge in [0.15, 0.2) is 0 Å². The summed E-state index contributed by atoms with van der Waals surface area (Å²) in [7, 11) is 1.60. The molecule has 1 saturated carbocycles. The highest BCUT2D eigenvalue weighted by Crippen LogP contribution is 2.26. The van der Waals surface area contributed by atoms with Crippen molar-refractivity contribution in [1.29, 1.82) is 0 Å². The highest BCUT2D eigenvalue weighted by molar-refractivity contribution is 5.93. The number of nitrogens with one attached hydrogen (secondary N) is 2. The Morgan fingerprint density at radius 3 is 2.89 bits per heavy atom. The van der Waals surface area contributed by atoms with E-state index in [9.17, 15) is 9.59 Å². The van der Waals surface area contributed by atoms with E-state index in [2.05, 4.69) is 31.0 Å². The lowest BCUT2D eigenvalue weighted by molar-refractivity contribution is -0.124. The lowest BCUT2D eigenvalue weighted by Crippen LogP contribution is -2.40. The van der Waals surface area contributed by atoms with E-state index in [0.717, 1.165) is 37.0 Å². The molecule has 4 rings (SSSR count). The Labute approximate surface area is 209 Å². The number of pyridine rings is 1. The molecule has 0 radical (unpaired) electrons. The Balaban J connectivity index is 1.40. The first-order valence-electron chi connectivity index (χ1n) is 12.0. The van der Waals surface area contributed by atoms with Gasteiger partial charge in [-0.3, -0.25) is 9.59 Å². The number of ether oxygens (including phenoxy) is 1. The summed E-state index contributed by atoms with van der Waals surface area (Å²) in [5, 5.41) is 27.6. The molecule has 0 bridgehead atoms. The van der Waals surface area contributed by atoms with Crippen LogP contribution >= 0.6 is 0 Å². The maximum Gasteiger partial charge on any atom is 0.270 e. The zero-order chi connectivity index (χ0) is 25.5. The second-order valence-corrected chi connectivity index (χ2v) is 9.04. The summed E-state index contributed by atoms with van der Waals surface area (Å²) < 4.78 is 5.23. The van der Waals surface area contributed by atoms with E-state index in [-0.39, 0.29) is 23.6 Å². The fourth-order valence-electron chi connectivity index (χ4n) is 4.50. The van der Waals surface area contributed by atoms with Crippen molar-refractivity contribution < 1.29 is 19.4 Å². The van der Waals surface area contributed by atoms with E-state index >= 15 is 0 Å². The van der Waals surface area contributed by atoms with Gasteiger partial charge in [-0.25, -0.2) is 4.98 Å². The first-order chi connectivity index (χ1) is 17.4. The Morgan fingerprint density at radius 2 is 2.08 bits per heavy atom. The van der Waals surface area contributed by atoms with Gasteiger partial charge in [0.2, 0.25) is 11.7 Å². The van der Waals surface area contributed by atoms with Crippen LogP contribution in [0.2, 0.25) is 0 Å². The van der Waals surface area contributed by atoms with Crippen LogP contribution in [0.5, 0.6) is 5.75 Å². The van der Waals surface area contributed by atoms with E-state index in [1.54, 1.807) is 18.0 Å². The van der Waals surface area contributed by atoms with E-state index in [0.29, 0.717) is 36.1 Å². The number of aliphatic hydroxyl groups excluding tert-OH is 1. The highest BCUT2D eigenvalue weighted by Gasteiger charge is 2.24. The fourth-order valence-corrected chi connectivity index (χ4v) is 4.50. The van der Waals surface area contributed by atoms with Crippen LogP contribution in [0.15, 0.2) is 36.4 Å². The van der Waals surface area contributed by atoms with Crippen molar-refractivity contribution in [2.75, 3.05) is 13.7 Å². The molecule has 1 aliphatic rings. The summed E-state index contributed by atoms with van der Waals surface area (Å²) in [6.07, 6.45) is 3.69. The van der Waals surface area contributed by atoms with Crippen molar-refractivity contribution in [3.8, 4) is 17.1 Å². The molecule has 1 fully saturated rings. The van der Waals surface area contributed by atoms with Gasteiger partial charge in [-0.05, 0) is 67.1 Å². The van der Waals surface area contributed by atoms with Crippen LogP contribution in [0.4, 0.5) is 0 Å². The molecule has 0 saturated heterocycles. The third kappa shape index (κ3) is 6.63. The lowest BCUT2D eigenvalue weighted by Gasteiger charge is -2.29. The van der Waals surface area contributed by atoms with E-state index in [1.165, 1.54) is 0 Å². The summed E-state index contributed by atoms with van der Waals surface area (Å²) in [4.78, 5) is 30.2. The smallest absolute Gasteiger partial charge is 0.270 e. The number of aryl methyl sites for hydroxylation is 1. The molecule has 3 aromatic rings. The topological polar surface area (TPSA) is 144 Å². The molecule has 2 aromatic heterocycles. The molecule has 2 amide bonds. The summed E-state index contributed by atoms with van der Waals surface area (Å²) in [5.74, 6) is 0.794. The minimum absolute atomic E-state index is 0.0484. The summed E-state index contributed by atoms with van der Waals surface area (Å²) in [6.45, 7) is 2.24. The van der Waals surface area contributed by atoms with E-state index < -0.39 is 6.61 Å². The Kier molecular flexibility index (Phi) is 8.21. The zero-order valence-corrected chi connectivity index (χ0v) is 20.5. The lowest BCUT2D eigenvalue weighted by atomic mass is 9.85. The number of tetrazole rings is 1. The number of aliphatic hydroxyl groups is 1. The number of carbonyl (C=O) groups excluding carboxylic acids is 2. The number of carbonyl (C=O) groups is 2. The van der Waals surface area contributed by atoms with Crippen molar-refractivity contribution in [2.24, 2.45) is 5.92 Å². The molecule has 0 spiro atoms. The summed E-state index contributed by atoms with van der Waals surface area (Å²) in [5.41, 5.74) is 2.53. The first-order valence-corrected chi connectivity index (χ1v) is 12.0. The quantitative estimate of drug-likeness (QED) is 0.408. The third-order valence-electron chi connectivity index (χ3n) is 6.20. The van der Waals surface area contributed by atoms with Crippen molar-refractivity contribution >= 4 is 11.8 Å². The van der Waals surface area contributed by atoms with Gasteiger partial charge in [0, 0.05) is 23.8 Å². The van der Waals surface area contributed by atoms with Gasteiger partial charge in [-0.1, -0.05) is 18.6 Å². The normalized spacial score (nSPS) is 17.4. The largest absolute Gasteiger partial charge is 0.497 e. The molecular formula is C25H31N7O4. The van der Waals surface area contributed by atoms with E-state index in [1.807, 2.05) is 37.3 Å². The number of hydrogen-bond acceptors (Lipinski definition) is 8. The monoisotopic (exact) mass is 493 g/mol. The second kappa shape index (κ2) is 11.7. The molecule has 0 aliphatic heterocycles. The Morgan fingerprint density at radius 1 is 1.22 bits per heavy atom. The Hall–Kier alpha value is -3.86. The third-order valence-corrected chi connectivity index (χ3v) is 6.20. The SMILES string of the molecule is COc1cccc(CNC(=O)c2cc(-c3nnn(C[C@@H]4CCC[C@H](NC(=O)CO)C4)n3)cc(C)n2)c1. The first kappa shape index (κ1) is 25.2. The zero-order valence-electron chi connectivity index (χ0n) is 20.5. The van der Waals surface area contributed by atoms with Gasteiger partial charge < -0.3 is 20.5 Å². The standard InChI is InChI=1S/C25H31N7O4/c1-16-9-19(12-22(27-16)25(35)26-13-17-5-4-8-21(11-17)36-2)24-29-31-32(30-24)14-18-6-3-7-20(10-18)28-23(34)15-33/h4-5,8-9,11-12,18,20,33H,3,6-7,10,13-15H2,1-2H3,(H,26,35)(H,28,34)/t18-,20+/m1/s1.